The molecule has 0 atom stereocenters. The Morgan fingerprint density at radius 3 is 2.12 bits per heavy atom. The van der Waals surface area contributed by atoms with Crippen molar-refractivity contribution in [1.82, 2.24) is 0 Å². The fourth-order valence-electron chi connectivity index (χ4n) is 2.00. The van der Waals surface area contributed by atoms with Crippen molar-refractivity contribution in [1.29, 1.82) is 0 Å². The number of Topliss-reactive ketones (excluding diaryl/α,β-unsaturated/α-hetero) is 1. The molecule has 0 fully saturated rings. The Hall–Kier alpha value is -3.28. The Morgan fingerprint density at radius 1 is 1.08 bits per heavy atom. The van der Waals surface area contributed by atoms with Crippen LogP contribution in [0.15, 0.2) is 61.2 Å². The predicted octanol–water partition coefficient (Wildman–Crippen LogP) is 2.72. The molecule has 3 rings (SSSR count). The monoisotopic (exact) mass is 341 g/mol. The SMILES string of the molecule is C=CC(=O)O.Nc1ccccc1N.O=C1CCNc2ccccc2C1. The molecular weight excluding hydrogens is 318 g/mol. The number of rotatable bonds is 1. The van der Waals surface area contributed by atoms with Gasteiger partial charge >= 0.3 is 5.97 Å². The van der Waals surface area contributed by atoms with Crippen molar-refractivity contribution in [2.75, 3.05) is 23.3 Å². The first-order valence-corrected chi connectivity index (χ1v) is 7.73. The van der Waals surface area contributed by atoms with Crippen LogP contribution in [0.2, 0.25) is 0 Å². The number of hydrogen-bond acceptors (Lipinski definition) is 5. The van der Waals surface area contributed by atoms with E-state index in [-0.39, 0.29) is 0 Å². The van der Waals surface area contributed by atoms with Gasteiger partial charge in [0.2, 0.25) is 0 Å². The van der Waals surface area contributed by atoms with Gasteiger partial charge in [0.1, 0.15) is 5.78 Å². The van der Waals surface area contributed by atoms with Crippen LogP contribution in [0.4, 0.5) is 17.1 Å². The third-order valence-corrected chi connectivity index (χ3v) is 3.29. The van der Waals surface area contributed by atoms with Crippen molar-refractivity contribution in [3.63, 3.8) is 0 Å². The molecule has 1 aliphatic heterocycles. The fourth-order valence-corrected chi connectivity index (χ4v) is 2.00. The van der Waals surface area contributed by atoms with E-state index in [4.69, 9.17) is 16.6 Å². The number of ketones is 1. The Bertz CT molecular complexity index is 708. The van der Waals surface area contributed by atoms with Crippen molar-refractivity contribution in [2.45, 2.75) is 12.8 Å². The number of carbonyl (C=O) groups excluding carboxylic acids is 1. The number of anilines is 3. The Labute approximate surface area is 147 Å². The molecule has 0 aliphatic carbocycles. The molecule has 25 heavy (non-hydrogen) atoms. The number of nitrogens with two attached hydrogens (primary N) is 2. The van der Waals surface area contributed by atoms with Gasteiger partial charge in [-0.05, 0) is 23.8 Å². The van der Waals surface area contributed by atoms with E-state index in [1.165, 1.54) is 0 Å². The minimum absolute atomic E-state index is 0.326. The first kappa shape index (κ1) is 19.8. The van der Waals surface area contributed by atoms with Gasteiger partial charge in [-0.3, -0.25) is 4.79 Å². The van der Waals surface area contributed by atoms with Crippen LogP contribution in [0.5, 0.6) is 0 Å². The van der Waals surface area contributed by atoms with Crippen molar-refractivity contribution in [2.24, 2.45) is 0 Å². The quantitative estimate of drug-likeness (QED) is 0.468. The number of fused-ring (bicyclic) bond motifs is 1. The second-order valence-electron chi connectivity index (χ2n) is 5.22. The molecule has 0 unspecified atom stereocenters. The smallest absolute Gasteiger partial charge is 0.327 e. The van der Waals surface area contributed by atoms with Gasteiger partial charge in [-0.1, -0.05) is 36.9 Å². The van der Waals surface area contributed by atoms with Gasteiger partial charge in [0.25, 0.3) is 0 Å². The minimum atomic E-state index is -0.981. The number of carbonyl (C=O) groups is 2. The number of hydrogen-bond donors (Lipinski definition) is 4. The van der Waals surface area contributed by atoms with Crippen molar-refractivity contribution < 1.29 is 14.7 Å². The molecule has 0 radical (unpaired) electrons. The van der Waals surface area contributed by atoms with E-state index in [1.807, 2.05) is 36.4 Å². The van der Waals surface area contributed by atoms with E-state index in [1.54, 1.807) is 12.1 Å². The average Bonchev–Trinajstić information content (AvgIpc) is 2.79. The topological polar surface area (TPSA) is 118 Å². The maximum atomic E-state index is 11.2. The summed E-state index contributed by atoms with van der Waals surface area (Å²) in [5.74, 6) is -0.655. The Kier molecular flexibility index (Phi) is 8.29. The third kappa shape index (κ3) is 7.69. The average molecular weight is 341 g/mol. The van der Waals surface area contributed by atoms with E-state index in [0.29, 0.717) is 30.0 Å². The largest absolute Gasteiger partial charge is 0.478 e. The minimum Gasteiger partial charge on any atom is -0.478 e. The molecule has 0 spiro atoms. The van der Waals surface area contributed by atoms with Crippen LogP contribution >= 0.6 is 0 Å². The van der Waals surface area contributed by atoms with Gasteiger partial charge in [-0.25, -0.2) is 4.79 Å². The lowest BCUT2D eigenvalue weighted by molar-refractivity contribution is -0.131. The summed E-state index contributed by atoms with van der Waals surface area (Å²) in [5, 5.41) is 10.8. The molecule has 6 heteroatoms. The number of para-hydroxylation sites is 3. The summed E-state index contributed by atoms with van der Waals surface area (Å²) in [5.41, 5.74) is 14.3. The van der Waals surface area contributed by atoms with Crippen LogP contribution in [0.1, 0.15) is 12.0 Å². The normalized spacial score (nSPS) is 11.9. The molecule has 6 nitrogen and oxygen atoms in total. The van der Waals surface area contributed by atoms with E-state index >= 15 is 0 Å². The summed E-state index contributed by atoms with van der Waals surface area (Å²) < 4.78 is 0. The summed E-state index contributed by atoms with van der Waals surface area (Å²) in [6.45, 7) is 3.73. The van der Waals surface area contributed by atoms with E-state index in [2.05, 4.69) is 11.9 Å². The maximum absolute atomic E-state index is 11.2. The van der Waals surface area contributed by atoms with Crippen LogP contribution in [-0.2, 0) is 16.0 Å². The van der Waals surface area contributed by atoms with Crippen LogP contribution < -0.4 is 16.8 Å². The molecule has 2 aromatic rings. The first-order chi connectivity index (χ1) is 11.9. The van der Waals surface area contributed by atoms with Crippen LogP contribution in [0, 0.1) is 0 Å². The molecule has 0 saturated heterocycles. The molecule has 1 aliphatic rings. The summed E-state index contributed by atoms with van der Waals surface area (Å²) in [6, 6.07) is 15.2. The van der Waals surface area contributed by atoms with Crippen molar-refractivity contribution in [3.8, 4) is 0 Å². The standard InChI is InChI=1S/C10H11NO.C6H8N2.C3H4O2/c12-9-5-6-11-10-4-2-1-3-8(10)7-9;7-5-3-1-2-4-6(5)8;1-2-3(4)5/h1-4,11H,5-7H2;1-4H,7-8H2;2H,1H2,(H,4,5). The zero-order chi connectivity index (χ0) is 18.7. The summed E-state index contributed by atoms with van der Waals surface area (Å²) >= 11 is 0. The fraction of sp³-hybridized carbons (Fsp3) is 0.158. The highest BCUT2D eigenvalue weighted by Crippen LogP contribution is 2.18. The van der Waals surface area contributed by atoms with E-state index < -0.39 is 5.97 Å². The Morgan fingerprint density at radius 2 is 1.60 bits per heavy atom. The zero-order valence-electron chi connectivity index (χ0n) is 13.9. The number of carboxylic acids is 1. The molecule has 0 amide bonds. The van der Waals surface area contributed by atoms with Crippen LogP contribution in [0.3, 0.4) is 0 Å². The molecule has 0 saturated carbocycles. The molecule has 0 bridgehead atoms. The zero-order valence-corrected chi connectivity index (χ0v) is 13.9. The number of aliphatic carboxylic acids is 1. The lowest BCUT2D eigenvalue weighted by Crippen LogP contribution is -2.03. The lowest BCUT2D eigenvalue weighted by Gasteiger charge is -2.04. The summed E-state index contributed by atoms with van der Waals surface area (Å²) in [6.07, 6.45) is 2.07. The highest BCUT2D eigenvalue weighted by Gasteiger charge is 2.11. The van der Waals surface area contributed by atoms with Gasteiger partial charge in [0.05, 0.1) is 11.4 Å². The van der Waals surface area contributed by atoms with Crippen molar-refractivity contribution >= 4 is 28.8 Å². The van der Waals surface area contributed by atoms with Gasteiger partial charge < -0.3 is 21.9 Å². The molecular formula is C19H23N3O3. The summed E-state index contributed by atoms with van der Waals surface area (Å²) in [7, 11) is 0. The number of nitrogens with one attached hydrogen (secondary N) is 1. The molecule has 132 valence electrons. The van der Waals surface area contributed by atoms with Gasteiger partial charge in [-0.2, -0.15) is 0 Å². The van der Waals surface area contributed by atoms with Gasteiger partial charge in [0, 0.05) is 31.1 Å². The molecule has 0 aromatic heterocycles. The van der Waals surface area contributed by atoms with Gasteiger partial charge in [0.15, 0.2) is 0 Å². The lowest BCUT2D eigenvalue weighted by atomic mass is 10.1. The second kappa shape index (κ2) is 10.5. The van der Waals surface area contributed by atoms with Crippen LogP contribution in [-0.4, -0.2) is 23.4 Å². The third-order valence-electron chi connectivity index (χ3n) is 3.29. The molecule has 2 aromatic carbocycles. The number of nitrogen functional groups attached to an aromatic ring is 2. The predicted molar refractivity (Wildman–Crippen MR) is 101 cm³/mol. The van der Waals surface area contributed by atoms with E-state index in [0.717, 1.165) is 23.9 Å². The van der Waals surface area contributed by atoms with Gasteiger partial charge in [-0.15, -0.1) is 0 Å². The number of carboxylic acid groups (broad SMARTS) is 1. The highest BCUT2D eigenvalue weighted by molar-refractivity contribution is 5.84. The summed E-state index contributed by atoms with van der Waals surface area (Å²) in [4.78, 5) is 20.5. The van der Waals surface area contributed by atoms with Crippen molar-refractivity contribution in [3.05, 3.63) is 66.7 Å². The molecule has 6 N–H and O–H groups in total. The van der Waals surface area contributed by atoms with Crippen LogP contribution in [0.25, 0.3) is 0 Å². The second-order valence-corrected chi connectivity index (χ2v) is 5.22. The Balaban J connectivity index is 0.000000209. The first-order valence-electron chi connectivity index (χ1n) is 7.73. The maximum Gasteiger partial charge on any atom is 0.327 e. The molecule has 1 heterocycles. The number of benzene rings is 2. The van der Waals surface area contributed by atoms with E-state index in [9.17, 15) is 9.59 Å². The highest BCUT2D eigenvalue weighted by atomic mass is 16.4.